The summed E-state index contributed by atoms with van der Waals surface area (Å²) in [6.45, 7) is 0. The van der Waals surface area contributed by atoms with Crippen LogP contribution >= 0.6 is 0 Å². The average Bonchev–Trinajstić information content (AvgIpc) is 1.50. The second-order valence-corrected chi connectivity index (χ2v) is 0. The van der Waals surface area contributed by atoms with Crippen LogP contribution in [0.2, 0.25) is 0 Å². The summed E-state index contributed by atoms with van der Waals surface area (Å²) >= 11 is 2.94. The first-order valence-corrected chi connectivity index (χ1v) is 0.955. The van der Waals surface area contributed by atoms with Crippen molar-refractivity contribution in [2.24, 2.45) is 0 Å². The van der Waals surface area contributed by atoms with Crippen molar-refractivity contribution in [1.29, 1.82) is 0 Å². The van der Waals surface area contributed by atoms with E-state index in [1.165, 1.54) is 0 Å². The topological polar surface area (TPSA) is 94.3 Å². The molecular weight excluding hydrogens is 232 g/mol. The summed E-state index contributed by atoms with van der Waals surface area (Å²) in [4.78, 5) is 0. The van der Waals surface area contributed by atoms with E-state index in [1.54, 1.807) is 0 Å². The zero-order valence-corrected chi connectivity index (χ0v) is 9.32. The minimum Gasteiger partial charge on any atom is 2.00 e. The van der Waals surface area contributed by atoms with Gasteiger partial charge in [-0.05, 0) is 0 Å². The predicted molar refractivity (Wildman–Crippen MR) is 16.0 cm³/mol. The van der Waals surface area contributed by atoms with Crippen LogP contribution in [0.1, 0.15) is 0 Å². The molecule has 0 spiro atoms. The zero-order chi connectivity index (χ0) is 4.00. The van der Waals surface area contributed by atoms with E-state index in [0.29, 0.717) is 0 Å². The molecule has 0 rings (SSSR count). The summed E-state index contributed by atoms with van der Waals surface area (Å²) in [5, 5.41) is 7.00. The van der Waals surface area contributed by atoms with Gasteiger partial charge in [-0.15, -0.1) is 0 Å². The minimum absolute atomic E-state index is 0. The van der Waals surface area contributed by atoms with E-state index in [0.717, 1.165) is 7.11 Å². The van der Waals surface area contributed by atoms with E-state index >= 15 is 0 Å². The standard InChI is InChI=1S/CH4O.Al.Cu.3O.Zn/c1-2;;;;;;/h2H,1H3;;;;;;/q;+3;;;2*-2;+2. The molecule has 8 heavy (non-hydrogen) atoms. The average molecular weight is 236 g/mol. The van der Waals surface area contributed by atoms with E-state index in [9.17, 15) is 0 Å². The molecule has 0 bridgehead atoms. The number of hydrogen-bond donors (Lipinski definition) is 1. The minimum atomic E-state index is 0. The normalized spacial score (nSPS) is 1.50. The summed E-state index contributed by atoms with van der Waals surface area (Å²) in [7, 11) is 1.00. The van der Waals surface area contributed by atoms with Crippen LogP contribution in [0.15, 0.2) is 0 Å². The van der Waals surface area contributed by atoms with Crippen molar-refractivity contribution in [1.82, 2.24) is 0 Å². The second kappa shape index (κ2) is 246. The Balaban J connectivity index is -0.00000000167. The first-order valence-electron chi connectivity index (χ1n) is 0.570. The Labute approximate surface area is 79.6 Å². The van der Waals surface area contributed by atoms with E-state index in [2.05, 4.69) is 15.9 Å². The summed E-state index contributed by atoms with van der Waals surface area (Å²) in [5.41, 5.74) is 0. The molecule has 0 saturated heterocycles. The van der Waals surface area contributed by atoms with Gasteiger partial charge in [0.05, 0.1) is 0 Å². The third kappa shape index (κ3) is 162. The molecule has 0 amide bonds. The second-order valence-electron chi connectivity index (χ2n) is 0. The van der Waals surface area contributed by atoms with E-state index < -0.39 is 0 Å². The van der Waals surface area contributed by atoms with Gasteiger partial charge in [-0.1, -0.05) is 0 Å². The molecule has 0 aromatic carbocycles. The third-order valence-corrected chi connectivity index (χ3v) is 0. The molecule has 0 aliphatic carbocycles. The van der Waals surface area contributed by atoms with Gasteiger partial charge in [0.25, 0.3) is 0 Å². The Bertz CT molecular complexity index is 16.0. The van der Waals surface area contributed by atoms with Crippen LogP contribution in [-0.4, -0.2) is 29.6 Å². The molecule has 7 heteroatoms. The molecule has 1 N–H and O–H groups in total. The van der Waals surface area contributed by atoms with Gasteiger partial charge >= 0.3 is 56.6 Å². The van der Waals surface area contributed by atoms with Gasteiger partial charge in [0.15, 0.2) is 0 Å². The number of aliphatic hydroxyl groups excluding tert-OH is 1. The quantitative estimate of drug-likeness (QED) is 0.538. The van der Waals surface area contributed by atoms with Gasteiger partial charge < -0.3 is 16.1 Å². The molecule has 0 aromatic heterocycles. The van der Waals surface area contributed by atoms with Crippen LogP contribution in [0.4, 0.5) is 0 Å². The molecule has 0 aromatic rings. The van der Waals surface area contributed by atoms with E-state index in [1.807, 2.05) is 0 Å². The number of rotatable bonds is 0. The molecule has 0 fully saturated rings. The van der Waals surface area contributed by atoms with Crippen molar-refractivity contribution in [2.75, 3.05) is 7.11 Å². The van der Waals surface area contributed by atoms with Gasteiger partial charge in [0.1, 0.15) is 0 Å². The Kier molecular flexibility index (Phi) is 1780. The third-order valence-electron chi connectivity index (χ3n) is 0. The maximum absolute atomic E-state index is 7.81. The Morgan fingerprint density at radius 3 is 1.12 bits per heavy atom. The molecule has 0 saturated carbocycles. The van der Waals surface area contributed by atoms with Crippen LogP contribution in [0.25, 0.3) is 0 Å². The van der Waals surface area contributed by atoms with Crippen LogP contribution < -0.4 is 0 Å². The van der Waals surface area contributed by atoms with Crippen molar-refractivity contribution in [2.45, 2.75) is 0 Å². The molecule has 0 aliphatic rings. The van der Waals surface area contributed by atoms with Crippen molar-refractivity contribution in [3.63, 3.8) is 0 Å². The Morgan fingerprint density at radius 2 is 1.12 bits per heavy atom. The maximum Gasteiger partial charge on any atom is 2.00 e. The van der Waals surface area contributed by atoms with E-state index in [4.69, 9.17) is 8.94 Å². The first-order chi connectivity index (χ1) is 2.00. The van der Waals surface area contributed by atoms with Gasteiger partial charge in [0.2, 0.25) is 0 Å². The van der Waals surface area contributed by atoms with Crippen molar-refractivity contribution < 1.29 is 55.3 Å². The molecule has 47 valence electrons. The van der Waals surface area contributed by atoms with Gasteiger partial charge in [-0.3, -0.25) is 0 Å². The number of hydrogen-bond acceptors (Lipinski definition) is 2. The molecule has 0 unspecified atom stereocenters. The SMILES string of the molecule is CO.[Al+3].[O-2].[O-2].[O]=[Cu].[Zn+2]. The fourth-order valence-corrected chi connectivity index (χ4v) is 0. The predicted octanol–water partition coefficient (Wildman–Crippen LogP) is -1.13. The Morgan fingerprint density at radius 1 is 1.12 bits per heavy atom. The summed E-state index contributed by atoms with van der Waals surface area (Å²) in [5.74, 6) is 0. The summed E-state index contributed by atoms with van der Waals surface area (Å²) < 4.78 is 7.81. The monoisotopic (exact) mass is 234 g/mol. The largest absolute Gasteiger partial charge is 2.00 e. The van der Waals surface area contributed by atoms with Crippen LogP contribution in [0, 0.1) is 0 Å². The van der Waals surface area contributed by atoms with Crippen LogP contribution in [0.5, 0.6) is 0 Å². The molecule has 0 aliphatic heterocycles. The summed E-state index contributed by atoms with van der Waals surface area (Å²) in [6.07, 6.45) is 0. The van der Waals surface area contributed by atoms with Crippen molar-refractivity contribution >= 4 is 17.4 Å². The number of aliphatic hydroxyl groups is 1. The molecule has 4 nitrogen and oxygen atoms in total. The molecule has 0 radical (unpaired) electrons. The molecule has 0 atom stereocenters. The van der Waals surface area contributed by atoms with Crippen LogP contribution in [0.3, 0.4) is 0 Å². The summed E-state index contributed by atoms with van der Waals surface area (Å²) in [6, 6.07) is 0. The first kappa shape index (κ1) is 58.0. The Hall–Kier alpha value is 1.36. The fraction of sp³-hybridized carbons (Fsp3) is 1.00. The van der Waals surface area contributed by atoms with Gasteiger partial charge in [0, 0.05) is 7.11 Å². The van der Waals surface area contributed by atoms with Gasteiger partial charge in [-0.2, -0.15) is 0 Å². The van der Waals surface area contributed by atoms with Crippen LogP contribution in [-0.2, 0) is 50.2 Å². The maximum atomic E-state index is 7.81. The van der Waals surface area contributed by atoms with Crippen molar-refractivity contribution in [3.8, 4) is 0 Å². The molecule has 0 heterocycles. The van der Waals surface area contributed by atoms with Gasteiger partial charge in [-0.25, -0.2) is 0 Å². The smallest absolute Gasteiger partial charge is 2.00 e. The van der Waals surface area contributed by atoms with Crippen molar-refractivity contribution in [3.05, 3.63) is 0 Å². The fourth-order valence-electron chi connectivity index (χ4n) is 0. The molecular formula is CH4AlCuO4Zn+. The van der Waals surface area contributed by atoms with E-state index in [-0.39, 0.29) is 47.8 Å². The zero-order valence-electron chi connectivity index (χ0n) is 4.26.